The fourth-order valence-electron chi connectivity index (χ4n) is 1.00. The highest BCUT2D eigenvalue weighted by atomic mass is 127. The molecule has 0 unspecified atom stereocenters. The number of carbonyl (C=O) groups is 1. The molecule has 0 bridgehead atoms. The highest BCUT2D eigenvalue weighted by Crippen LogP contribution is 2.17. The number of halogens is 1. The normalized spacial score (nSPS) is 9.14. The lowest BCUT2D eigenvalue weighted by atomic mass is 10.3. The average molecular weight is 301 g/mol. The van der Waals surface area contributed by atoms with Crippen LogP contribution in [-0.4, -0.2) is 17.7 Å². The van der Waals surface area contributed by atoms with Gasteiger partial charge >= 0.3 is 6.09 Å². The molecule has 1 amide bonds. The minimum Gasteiger partial charge on any atom is -0.465 e. The van der Waals surface area contributed by atoms with Crippen LogP contribution in [-0.2, 0) is 0 Å². The predicted octanol–water partition coefficient (Wildman–Crippen LogP) is 2.41. The maximum Gasteiger partial charge on any atom is 0.412 e. The van der Waals surface area contributed by atoms with Gasteiger partial charge in [-0.25, -0.2) is 4.79 Å². The summed E-state index contributed by atoms with van der Waals surface area (Å²) >= 11 is 2.12. The summed E-state index contributed by atoms with van der Waals surface area (Å²) in [5.41, 5.74) is 0.599. The van der Waals surface area contributed by atoms with E-state index in [9.17, 15) is 4.79 Å². The monoisotopic (exact) mass is 301 g/mol. The molecule has 0 saturated carbocycles. The van der Waals surface area contributed by atoms with Gasteiger partial charge in [0.2, 0.25) is 0 Å². The van der Waals surface area contributed by atoms with E-state index in [0.717, 1.165) is 8.47 Å². The molecule has 1 N–H and O–H groups in total. The number of hydrogen-bond donors (Lipinski definition) is 1. The standard InChI is InChI=1S/C10H8INO2/c1-2-6-12(10(13)14)9-5-3-4-8(11)7-9/h1,3-5,7H,6H2,(H,13,14). The molecule has 0 radical (unpaired) electrons. The van der Waals surface area contributed by atoms with Crippen LogP contribution in [0.3, 0.4) is 0 Å². The molecule has 0 aliphatic heterocycles. The first-order valence-electron chi connectivity index (χ1n) is 3.84. The quantitative estimate of drug-likeness (QED) is 0.673. The Bertz CT molecular complexity index is 384. The van der Waals surface area contributed by atoms with Gasteiger partial charge in [-0.2, -0.15) is 0 Å². The van der Waals surface area contributed by atoms with Crippen LogP contribution in [0.1, 0.15) is 0 Å². The molecule has 0 saturated heterocycles. The number of anilines is 1. The summed E-state index contributed by atoms with van der Waals surface area (Å²) in [6.07, 6.45) is 4.05. The fourth-order valence-corrected chi connectivity index (χ4v) is 1.53. The van der Waals surface area contributed by atoms with Crippen LogP contribution in [0.25, 0.3) is 0 Å². The molecule has 1 aromatic rings. The summed E-state index contributed by atoms with van der Waals surface area (Å²) in [4.78, 5) is 12.0. The van der Waals surface area contributed by atoms with E-state index < -0.39 is 6.09 Å². The molecule has 14 heavy (non-hydrogen) atoms. The van der Waals surface area contributed by atoms with Crippen LogP contribution in [0.2, 0.25) is 0 Å². The van der Waals surface area contributed by atoms with Crippen molar-refractivity contribution in [1.29, 1.82) is 0 Å². The summed E-state index contributed by atoms with van der Waals surface area (Å²) in [5, 5.41) is 8.88. The topological polar surface area (TPSA) is 40.5 Å². The Morgan fingerprint density at radius 1 is 1.64 bits per heavy atom. The van der Waals surface area contributed by atoms with Crippen molar-refractivity contribution >= 4 is 34.4 Å². The highest BCUT2D eigenvalue weighted by Gasteiger charge is 2.12. The number of terminal acetylenes is 1. The van der Waals surface area contributed by atoms with Crippen LogP contribution in [0, 0.1) is 15.9 Å². The van der Waals surface area contributed by atoms with Gasteiger partial charge in [0, 0.05) is 9.26 Å². The lowest BCUT2D eigenvalue weighted by molar-refractivity contribution is 0.202. The Morgan fingerprint density at radius 3 is 2.86 bits per heavy atom. The minimum absolute atomic E-state index is 0.0649. The van der Waals surface area contributed by atoms with E-state index in [0.29, 0.717) is 5.69 Å². The van der Waals surface area contributed by atoms with Crippen molar-refractivity contribution < 1.29 is 9.90 Å². The molecule has 0 heterocycles. The Morgan fingerprint density at radius 2 is 2.36 bits per heavy atom. The number of rotatable bonds is 2. The van der Waals surface area contributed by atoms with Gasteiger partial charge in [-0.15, -0.1) is 6.42 Å². The van der Waals surface area contributed by atoms with Gasteiger partial charge in [0.05, 0.1) is 6.54 Å². The van der Waals surface area contributed by atoms with E-state index in [-0.39, 0.29) is 6.54 Å². The highest BCUT2D eigenvalue weighted by molar-refractivity contribution is 14.1. The third kappa shape index (κ3) is 2.64. The van der Waals surface area contributed by atoms with E-state index >= 15 is 0 Å². The van der Waals surface area contributed by atoms with Crippen LogP contribution in [0.5, 0.6) is 0 Å². The first-order chi connectivity index (χ1) is 6.65. The molecule has 0 fully saturated rings. The first-order valence-corrected chi connectivity index (χ1v) is 4.92. The molecule has 3 nitrogen and oxygen atoms in total. The van der Waals surface area contributed by atoms with Gasteiger partial charge < -0.3 is 5.11 Å². The van der Waals surface area contributed by atoms with Crippen LogP contribution in [0.4, 0.5) is 10.5 Å². The Hall–Kier alpha value is -1.22. The first kappa shape index (κ1) is 10.9. The zero-order valence-electron chi connectivity index (χ0n) is 7.27. The van der Waals surface area contributed by atoms with Gasteiger partial charge in [0.25, 0.3) is 0 Å². The zero-order chi connectivity index (χ0) is 10.6. The maximum absolute atomic E-state index is 10.8. The average Bonchev–Trinajstić information content (AvgIpc) is 2.13. The van der Waals surface area contributed by atoms with Gasteiger partial charge in [-0.3, -0.25) is 4.90 Å². The SMILES string of the molecule is C#CCN(C(=O)O)c1cccc(I)c1. The minimum atomic E-state index is -1.04. The fraction of sp³-hybridized carbons (Fsp3) is 0.100. The number of benzene rings is 1. The third-order valence-electron chi connectivity index (χ3n) is 1.60. The zero-order valence-corrected chi connectivity index (χ0v) is 9.43. The summed E-state index contributed by atoms with van der Waals surface area (Å²) < 4.78 is 0.975. The molecule has 0 aliphatic carbocycles. The van der Waals surface area contributed by atoms with E-state index in [1.165, 1.54) is 0 Å². The molecule has 0 spiro atoms. The van der Waals surface area contributed by atoms with Crippen molar-refractivity contribution in [3.05, 3.63) is 27.8 Å². The molecule has 4 heteroatoms. The number of carboxylic acid groups (broad SMARTS) is 1. The van der Waals surface area contributed by atoms with Crippen molar-refractivity contribution in [3.63, 3.8) is 0 Å². The van der Waals surface area contributed by atoms with Crippen molar-refractivity contribution in [2.24, 2.45) is 0 Å². The van der Waals surface area contributed by atoms with Gasteiger partial charge in [-0.05, 0) is 40.8 Å². The Balaban J connectivity index is 3.00. The second-order valence-corrected chi connectivity index (χ2v) is 3.80. The molecule has 1 aromatic carbocycles. The summed E-state index contributed by atoms with van der Waals surface area (Å²) in [7, 11) is 0. The molecular formula is C10H8INO2. The predicted molar refractivity (Wildman–Crippen MR) is 63.4 cm³/mol. The van der Waals surface area contributed by atoms with Gasteiger partial charge in [0.1, 0.15) is 0 Å². The van der Waals surface area contributed by atoms with E-state index in [2.05, 4.69) is 28.5 Å². The van der Waals surface area contributed by atoms with Crippen molar-refractivity contribution in [2.45, 2.75) is 0 Å². The molecule has 72 valence electrons. The number of amides is 1. The van der Waals surface area contributed by atoms with E-state index in [1.54, 1.807) is 18.2 Å². The second kappa shape index (κ2) is 4.86. The van der Waals surface area contributed by atoms with Crippen LogP contribution in [0.15, 0.2) is 24.3 Å². The Labute approximate surface area is 95.9 Å². The molecule has 0 aromatic heterocycles. The van der Waals surface area contributed by atoms with E-state index in [1.807, 2.05) is 6.07 Å². The lowest BCUT2D eigenvalue weighted by Crippen LogP contribution is -2.29. The number of hydrogen-bond acceptors (Lipinski definition) is 1. The van der Waals surface area contributed by atoms with Gasteiger partial charge in [-0.1, -0.05) is 12.0 Å². The van der Waals surface area contributed by atoms with Crippen molar-refractivity contribution in [3.8, 4) is 12.3 Å². The number of nitrogens with zero attached hydrogens (tertiary/aromatic N) is 1. The van der Waals surface area contributed by atoms with Gasteiger partial charge in [0.15, 0.2) is 0 Å². The molecule has 0 atom stereocenters. The lowest BCUT2D eigenvalue weighted by Gasteiger charge is -2.16. The van der Waals surface area contributed by atoms with E-state index in [4.69, 9.17) is 11.5 Å². The summed E-state index contributed by atoms with van der Waals surface area (Å²) in [5.74, 6) is 2.31. The molecule has 0 aliphatic rings. The van der Waals surface area contributed by atoms with Crippen LogP contribution >= 0.6 is 22.6 Å². The molecule has 1 rings (SSSR count). The molecular weight excluding hydrogens is 293 g/mol. The maximum atomic E-state index is 10.8. The smallest absolute Gasteiger partial charge is 0.412 e. The van der Waals surface area contributed by atoms with Crippen LogP contribution < -0.4 is 4.90 Å². The summed E-state index contributed by atoms with van der Waals surface area (Å²) in [6, 6.07) is 7.17. The third-order valence-corrected chi connectivity index (χ3v) is 2.27. The largest absolute Gasteiger partial charge is 0.465 e. The summed E-state index contributed by atoms with van der Waals surface area (Å²) in [6.45, 7) is 0.0649. The second-order valence-electron chi connectivity index (χ2n) is 2.55. The van der Waals surface area contributed by atoms with Crippen molar-refractivity contribution in [2.75, 3.05) is 11.4 Å². The Kier molecular flexibility index (Phi) is 3.77. The van der Waals surface area contributed by atoms with Crippen molar-refractivity contribution in [1.82, 2.24) is 0 Å².